The maximum absolute atomic E-state index is 11.6. The highest BCUT2D eigenvalue weighted by molar-refractivity contribution is 6.02. The fraction of sp³-hybridized carbons (Fsp3) is 0.154. The molecule has 4 heteroatoms. The molecule has 1 amide bonds. The number of anilines is 1. The van der Waals surface area contributed by atoms with Crippen LogP contribution in [0.25, 0.3) is 10.9 Å². The van der Waals surface area contributed by atoms with Crippen LogP contribution in [0.2, 0.25) is 0 Å². The van der Waals surface area contributed by atoms with E-state index in [0.29, 0.717) is 5.69 Å². The van der Waals surface area contributed by atoms with Gasteiger partial charge in [-0.2, -0.15) is 5.26 Å². The molecule has 17 heavy (non-hydrogen) atoms. The molecular formula is C13H11N3O. The van der Waals surface area contributed by atoms with Crippen molar-refractivity contribution < 1.29 is 4.79 Å². The molecule has 1 N–H and O–H groups in total. The summed E-state index contributed by atoms with van der Waals surface area (Å²) in [4.78, 5) is 15.8. The van der Waals surface area contributed by atoms with Gasteiger partial charge in [0.05, 0.1) is 17.3 Å². The number of nitrogens with zero attached hydrogens (tertiary/aromatic N) is 2. The highest BCUT2D eigenvalue weighted by Gasteiger charge is 2.12. The first-order valence-electron chi connectivity index (χ1n) is 5.26. The lowest BCUT2D eigenvalue weighted by Crippen LogP contribution is -2.19. The van der Waals surface area contributed by atoms with E-state index in [2.05, 4.69) is 10.3 Å². The summed E-state index contributed by atoms with van der Waals surface area (Å²) >= 11 is 0. The minimum absolute atomic E-state index is 0.302. The SMILES string of the molecule is CC(C#N)C(=O)Nc1cccc2ncccc12. The topological polar surface area (TPSA) is 65.8 Å². The zero-order valence-electron chi connectivity index (χ0n) is 9.34. The summed E-state index contributed by atoms with van der Waals surface area (Å²) in [6.45, 7) is 1.57. The predicted molar refractivity (Wildman–Crippen MR) is 65.1 cm³/mol. The van der Waals surface area contributed by atoms with Crippen molar-refractivity contribution in [1.82, 2.24) is 4.98 Å². The molecule has 2 rings (SSSR count). The maximum Gasteiger partial charge on any atom is 0.241 e. The van der Waals surface area contributed by atoms with Gasteiger partial charge in [0.1, 0.15) is 5.92 Å². The first kappa shape index (κ1) is 11.1. The Bertz CT molecular complexity index is 596. The number of pyridine rings is 1. The number of nitrogens with one attached hydrogen (secondary N) is 1. The van der Waals surface area contributed by atoms with E-state index in [-0.39, 0.29) is 5.91 Å². The van der Waals surface area contributed by atoms with E-state index in [9.17, 15) is 4.79 Å². The minimum Gasteiger partial charge on any atom is -0.324 e. The van der Waals surface area contributed by atoms with Gasteiger partial charge in [-0.1, -0.05) is 6.07 Å². The summed E-state index contributed by atoms with van der Waals surface area (Å²) in [7, 11) is 0. The van der Waals surface area contributed by atoms with E-state index < -0.39 is 5.92 Å². The van der Waals surface area contributed by atoms with Crippen molar-refractivity contribution in [2.75, 3.05) is 5.32 Å². The standard InChI is InChI=1S/C13H11N3O/c1-9(8-14)13(17)16-12-6-2-5-11-10(12)4-3-7-15-11/h2-7,9H,1H3,(H,16,17). The third-order valence-electron chi connectivity index (χ3n) is 2.49. The number of carbonyl (C=O) groups excluding carboxylic acids is 1. The smallest absolute Gasteiger partial charge is 0.241 e. The lowest BCUT2D eigenvalue weighted by molar-refractivity contribution is -0.117. The van der Waals surface area contributed by atoms with Gasteiger partial charge in [0.25, 0.3) is 0 Å². The number of aromatic nitrogens is 1. The largest absolute Gasteiger partial charge is 0.324 e. The molecule has 0 spiro atoms. The Morgan fingerprint density at radius 2 is 2.24 bits per heavy atom. The van der Waals surface area contributed by atoms with Gasteiger partial charge in [-0.05, 0) is 31.2 Å². The quantitative estimate of drug-likeness (QED) is 0.853. The monoisotopic (exact) mass is 225 g/mol. The molecule has 0 aliphatic heterocycles. The number of amides is 1. The second-order valence-corrected chi connectivity index (χ2v) is 3.72. The van der Waals surface area contributed by atoms with Crippen LogP contribution in [-0.2, 0) is 4.79 Å². The summed E-state index contributed by atoms with van der Waals surface area (Å²) in [5, 5.41) is 12.3. The molecule has 2 aromatic rings. The normalized spacial score (nSPS) is 11.8. The molecule has 1 atom stereocenters. The number of nitriles is 1. The molecule has 4 nitrogen and oxygen atoms in total. The number of benzene rings is 1. The van der Waals surface area contributed by atoms with Crippen LogP contribution < -0.4 is 5.32 Å². The van der Waals surface area contributed by atoms with Crippen molar-refractivity contribution in [3.05, 3.63) is 36.5 Å². The zero-order valence-corrected chi connectivity index (χ0v) is 9.34. The van der Waals surface area contributed by atoms with Gasteiger partial charge in [0.15, 0.2) is 0 Å². The Balaban J connectivity index is 2.37. The summed E-state index contributed by atoms with van der Waals surface area (Å²) in [5.74, 6) is -0.967. The van der Waals surface area contributed by atoms with Gasteiger partial charge in [-0.3, -0.25) is 9.78 Å². The summed E-state index contributed by atoms with van der Waals surface area (Å²) < 4.78 is 0. The van der Waals surface area contributed by atoms with Crippen LogP contribution in [0, 0.1) is 17.2 Å². The number of rotatable bonds is 2. The summed E-state index contributed by atoms with van der Waals surface area (Å²) in [6.07, 6.45) is 1.70. The molecule has 84 valence electrons. The second-order valence-electron chi connectivity index (χ2n) is 3.72. The lowest BCUT2D eigenvalue weighted by Gasteiger charge is -2.08. The Morgan fingerprint density at radius 3 is 3.00 bits per heavy atom. The van der Waals surface area contributed by atoms with Gasteiger partial charge in [0.2, 0.25) is 5.91 Å². The van der Waals surface area contributed by atoms with Crippen molar-refractivity contribution in [3.8, 4) is 6.07 Å². The first-order chi connectivity index (χ1) is 8.22. The molecule has 0 bridgehead atoms. The van der Waals surface area contributed by atoms with Crippen LogP contribution in [0.1, 0.15) is 6.92 Å². The van der Waals surface area contributed by atoms with E-state index >= 15 is 0 Å². The second kappa shape index (κ2) is 4.62. The van der Waals surface area contributed by atoms with Crippen molar-refractivity contribution >= 4 is 22.5 Å². The summed E-state index contributed by atoms with van der Waals surface area (Å²) in [6, 6.07) is 11.1. The fourth-order valence-corrected chi connectivity index (χ4v) is 1.51. The van der Waals surface area contributed by atoms with Crippen molar-refractivity contribution in [3.63, 3.8) is 0 Å². The van der Waals surface area contributed by atoms with Crippen molar-refractivity contribution in [1.29, 1.82) is 5.26 Å². The van der Waals surface area contributed by atoms with Gasteiger partial charge in [-0.15, -0.1) is 0 Å². The maximum atomic E-state index is 11.6. The molecule has 0 fully saturated rings. The fourth-order valence-electron chi connectivity index (χ4n) is 1.51. The highest BCUT2D eigenvalue weighted by atomic mass is 16.1. The molecule has 1 heterocycles. The van der Waals surface area contributed by atoms with Gasteiger partial charge in [0, 0.05) is 11.6 Å². The zero-order chi connectivity index (χ0) is 12.3. The molecule has 0 saturated heterocycles. The number of fused-ring (bicyclic) bond motifs is 1. The van der Waals surface area contributed by atoms with E-state index in [1.54, 1.807) is 19.2 Å². The van der Waals surface area contributed by atoms with Crippen LogP contribution in [-0.4, -0.2) is 10.9 Å². The van der Waals surface area contributed by atoms with E-state index in [1.165, 1.54) is 0 Å². The molecular weight excluding hydrogens is 214 g/mol. The molecule has 0 saturated carbocycles. The molecule has 1 unspecified atom stereocenters. The Hall–Kier alpha value is -2.41. The summed E-state index contributed by atoms with van der Waals surface area (Å²) in [5.41, 5.74) is 1.50. The van der Waals surface area contributed by atoms with Crippen LogP contribution in [0.3, 0.4) is 0 Å². The molecule has 0 aliphatic carbocycles. The average molecular weight is 225 g/mol. The minimum atomic E-state index is -0.665. The number of carbonyl (C=O) groups is 1. The molecule has 0 aliphatic rings. The van der Waals surface area contributed by atoms with E-state index in [1.807, 2.05) is 30.3 Å². The average Bonchev–Trinajstić information content (AvgIpc) is 2.38. The van der Waals surface area contributed by atoms with E-state index in [0.717, 1.165) is 10.9 Å². The van der Waals surface area contributed by atoms with Gasteiger partial charge < -0.3 is 5.32 Å². The Labute approximate surface area is 98.9 Å². The highest BCUT2D eigenvalue weighted by Crippen LogP contribution is 2.21. The van der Waals surface area contributed by atoms with Crippen LogP contribution in [0.5, 0.6) is 0 Å². The van der Waals surface area contributed by atoms with Crippen molar-refractivity contribution in [2.24, 2.45) is 5.92 Å². The van der Waals surface area contributed by atoms with Crippen LogP contribution in [0.15, 0.2) is 36.5 Å². The number of hydrogen-bond acceptors (Lipinski definition) is 3. The third-order valence-corrected chi connectivity index (χ3v) is 2.49. The lowest BCUT2D eigenvalue weighted by atomic mass is 10.1. The van der Waals surface area contributed by atoms with Gasteiger partial charge in [-0.25, -0.2) is 0 Å². The molecule has 1 aromatic heterocycles. The van der Waals surface area contributed by atoms with Crippen LogP contribution >= 0.6 is 0 Å². The first-order valence-corrected chi connectivity index (χ1v) is 5.26. The van der Waals surface area contributed by atoms with Crippen LogP contribution in [0.4, 0.5) is 5.69 Å². The number of hydrogen-bond donors (Lipinski definition) is 1. The van der Waals surface area contributed by atoms with E-state index in [4.69, 9.17) is 5.26 Å². The molecule has 1 aromatic carbocycles. The Kier molecular flexibility index (Phi) is 3.01. The van der Waals surface area contributed by atoms with Gasteiger partial charge >= 0.3 is 0 Å². The van der Waals surface area contributed by atoms with Crippen molar-refractivity contribution in [2.45, 2.75) is 6.92 Å². The third kappa shape index (κ3) is 2.23. The Morgan fingerprint density at radius 1 is 1.41 bits per heavy atom. The predicted octanol–water partition coefficient (Wildman–Crippen LogP) is 2.33. The molecule has 0 radical (unpaired) electrons.